The van der Waals surface area contributed by atoms with Gasteiger partial charge in [0.2, 0.25) is 0 Å². The Morgan fingerprint density at radius 1 is 1.11 bits per heavy atom. The lowest BCUT2D eigenvalue weighted by Gasteiger charge is -2.26. The molecular formula is C17H25NO. The van der Waals surface area contributed by atoms with Gasteiger partial charge < -0.3 is 10.1 Å². The number of hydrogen-bond donors (Lipinski definition) is 1. The van der Waals surface area contributed by atoms with Gasteiger partial charge in [0.1, 0.15) is 5.75 Å². The molecule has 19 heavy (non-hydrogen) atoms. The van der Waals surface area contributed by atoms with Gasteiger partial charge in [-0.2, -0.15) is 0 Å². The van der Waals surface area contributed by atoms with Gasteiger partial charge >= 0.3 is 0 Å². The van der Waals surface area contributed by atoms with E-state index in [-0.39, 0.29) is 0 Å². The van der Waals surface area contributed by atoms with Gasteiger partial charge in [-0.1, -0.05) is 25.5 Å². The summed E-state index contributed by atoms with van der Waals surface area (Å²) < 4.78 is 5.26. The predicted octanol–water partition coefficient (Wildman–Crippen LogP) is 3.92. The minimum absolute atomic E-state index is 0.552. The molecule has 2 nitrogen and oxygen atoms in total. The third-order valence-corrected chi connectivity index (χ3v) is 4.82. The molecule has 2 saturated carbocycles. The van der Waals surface area contributed by atoms with Crippen LogP contribution in [0.25, 0.3) is 0 Å². The summed E-state index contributed by atoms with van der Waals surface area (Å²) in [4.78, 5) is 0. The van der Waals surface area contributed by atoms with Gasteiger partial charge in [0.15, 0.2) is 0 Å². The van der Waals surface area contributed by atoms with E-state index >= 15 is 0 Å². The first kappa shape index (κ1) is 13.0. The Hall–Kier alpha value is -1.02. The van der Waals surface area contributed by atoms with Crippen molar-refractivity contribution in [2.24, 2.45) is 11.8 Å². The molecule has 2 heteroatoms. The lowest BCUT2D eigenvalue weighted by atomic mass is 9.98. The zero-order valence-corrected chi connectivity index (χ0v) is 12.1. The van der Waals surface area contributed by atoms with Crippen molar-refractivity contribution in [3.8, 4) is 5.75 Å². The summed E-state index contributed by atoms with van der Waals surface area (Å²) in [5, 5.41) is 3.94. The van der Waals surface area contributed by atoms with Gasteiger partial charge in [-0.25, -0.2) is 0 Å². The van der Waals surface area contributed by atoms with E-state index in [1.165, 1.54) is 37.7 Å². The van der Waals surface area contributed by atoms with Crippen LogP contribution >= 0.6 is 0 Å². The zero-order chi connectivity index (χ0) is 13.2. The summed E-state index contributed by atoms with van der Waals surface area (Å²) in [6.07, 6.45) is 6.88. The molecule has 1 aromatic carbocycles. The van der Waals surface area contributed by atoms with Crippen molar-refractivity contribution in [3.05, 3.63) is 29.8 Å². The van der Waals surface area contributed by atoms with Gasteiger partial charge in [-0.15, -0.1) is 0 Å². The van der Waals surface area contributed by atoms with E-state index in [9.17, 15) is 0 Å². The second kappa shape index (κ2) is 5.54. The molecule has 2 fully saturated rings. The minimum Gasteiger partial charge on any atom is -0.497 e. The Kier molecular flexibility index (Phi) is 3.79. The number of rotatable bonds is 5. The standard InChI is InChI=1S/C17H25NO/c1-12-4-3-5-16(12)18-17(13-6-7-13)14-8-10-15(19-2)11-9-14/h8-13,16-18H,3-7H2,1-2H3. The maximum atomic E-state index is 5.26. The summed E-state index contributed by atoms with van der Waals surface area (Å²) in [7, 11) is 1.73. The fourth-order valence-corrected chi connectivity index (χ4v) is 3.37. The molecule has 0 aliphatic heterocycles. The summed E-state index contributed by atoms with van der Waals surface area (Å²) in [5.74, 6) is 2.63. The number of nitrogens with one attached hydrogen (secondary N) is 1. The molecule has 0 radical (unpaired) electrons. The normalized spacial score (nSPS) is 28.3. The molecule has 0 saturated heterocycles. The molecule has 3 atom stereocenters. The van der Waals surface area contributed by atoms with Crippen LogP contribution in [0.4, 0.5) is 0 Å². The maximum absolute atomic E-state index is 5.26. The van der Waals surface area contributed by atoms with Gasteiger partial charge in [0.25, 0.3) is 0 Å². The topological polar surface area (TPSA) is 21.3 Å². The first-order valence-corrected chi connectivity index (χ1v) is 7.68. The van der Waals surface area contributed by atoms with E-state index < -0.39 is 0 Å². The number of ether oxygens (including phenoxy) is 1. The molecule has 3 unspecified atom stereocenters. The zero-order valence-electron chi connectivity index (χ0n) is 12.1. The average Bonchev–Trinajstić information content (AvgIpc) is 3.20. The van der Waals surface area contributed by atoms with E-state index in [1.807, 2.05) is 0 Å². The molecule has 2 aliphatic carbocycles. The summed E-state index contributed by atoms with van der Waals surface area (Å²) in [6.45, 7) is 2.39. The van der Waals surface area contributed by atoms with E-state index in [1.54, 1.807) is 7.11 Å². The Morgan fingerprint density at radius 2 is 1.84 bits per heavy atom. The van der Waals surface area contributed by atoms with Crippen molar-refractivity contribution in [3.63, 3.8) is 0 Å². The van der Waals surface area contributed by atoms with E-state index in [4.69, 9.17) is 4.74 Å². The molecule has 0 amide bonds. The highest BCUT2D eigenvalue weighted by Gasteiger charge is 2.35. The molecular weight excluding hydrogens is 234 g/mol. The lowest BCUT2D eigenvalue weighted by molar-refractivity contribution is 0.353. The minimum atomic E-state index is 0.552. The van der Waals surface area contributed by atoms with Crippen LogP contribution < -0.4 is 10.1 Å². The summed E-state index contributed by atoms with van der Waals surface area (Å²) >= 11 is 0. The smallest absolute Gasteiger partial charge is 0.118 e. The van der Waals surface area contributed by atoms with Crippen LogP contribution in [0.2, 0.25) is 0 Å². The van der Waals surface area contributed by atoms with Crippen molar-refractivity contribution in [1.82, 2.24) is 5.32 Å². The van der Waals surface area contributed by atoms with Gasteiger partial charge in [-0.05, 0) is 55.2 Å². The van der Waals surface area contributed by atoms with Crippen LogP contribution in [0, 0.1) is 11.8 Å². The number of hydrogen-bond acceptors (Lipinski definition) is 2. The highest BCUT2D eigenvalue weighted by molar-refractivity contribution is 5.30. The monoisotopic (exact) mass is 259 g/mol. The summed E-state index contributed by atoms with van der Waals surface area (Å²) in [6, 6.07) is 9.90. The van der Waals surface area contributed by atoms with Crippen molar-refractivity contribution in [1.29, 1.82) is 0 Å². The summed E-state index contributed by atoms with van der Waals surface area (Å²) in [5.41, 5.74) is 1.43. The Labute approximate surface area is 116 Å². The molecule has 3 rings (SSSR count). The Bertz CT molecular complexity index is 410. The van der Waals surface area contributed by atoms with Crippen LogP contribution in [0.15, 0.2) is 24.3 Å². The fraction of sp³-hybridized carbons (Fsp3) is 0.647. The molecule has 0 aromatic heterocycles. The Balaban J connectivity index is 1.72. The van der Waals surface area contributed by atoms with Crippen molar-refractivity contribution >= 4 is 0 Å². The highest BCUT2D eigenvalue weighted by atomic mass is 16.5. The molecule has 1 N–H and O–H groups in total. The molecule has 2 aliphatic rings. The lowest BCUT2D eigenvalue weighted by Crippen LogP contribution is -2.35. The largest absolute Gasteiger partial charge is 0.497 e. The number of methoxy groups -OCH3 is 1. The second-order valence-corrected chi connectivity index (χ2v) is 6.27. The SMILES string of the molecule is COc1ccc(C(NC2CCCC2C)C2CC2)cc1. The van der Waals surface area contributed by atoms with Crippen molar-refractivity contribution < 1.29 is 4.74 Å². The third kappa shape index (κ3) is 2.94. The molecule has 104 valence electrons. The van der Waals surface area contributed by atoms with Crippen LogP contribution in [0.3, 0.4) is 0 Å². The Morgan fingerprint density at radius 3 is 2.37 bits per heavy atom. The fourth-order valence-electron chi connectivity index (χ4n) is 3.37. The van der Waals surface area contributed by atoms with Gasteiger partial charge in [-0.3, -0.25) is 0 Å². The van der Waals surface area contributed by atoms with Crippen LogP contribution in [-0.2, 0) is 0 Å². The third-order valence-electron chi connectivity index (χ3n) is 4.82. The van der Waals surface area contributed by atoms with Gasteiger partial charge in [0.05, 0.1) is 7.11 Å². The first-order valence-electron chi connectivity index (χ1n) is 7.68. The van der Waals surface area contributed by atoms with Crippen molar-refractivity contribution in [2.45, 2.75) is 51.1 Å². The maximum Gasteiger partial charge on any atom is 0.118 e. The average molecular weight is 259 g/mol. The van der Waals surface area contributed by atoms with Crippen LogP contribution in [0.5, 0.6) is 5.75 Å². The quantitative estimate of drug-likeness (QED) is 0.865. The van der Waals surface area contributed by atoms with E-state index in [0.29, 0.717) is 12.1 Å². The second-order valence-electron chi connectivity index (χ2n) is 6.27. The number of benzene rings is 1. The van der Waals surface area contributed by atoms with Crippen LogP contribution in [0.1, 0.15) is 50.6 Å². The molecule has 0 spiro atoms. The first-order chi connectivity index (χ1) is 9.28. The van der Waals surface area contributed by atoms with Crippen LogP contribution in [-0.4, -0.2) is 13.2 Å². The molecule has 0 heterocycles. The van der Waals surface area contributed by atoms with E-state index in [2.05, 4.69) is 36.5 Å². The van der Waals surface area contributed by atoms with Gasteiger partial charge in [0, 0.05) is 12.1 Å². The molecule has 1 aromatic rings. The van der Waals surface area contributed by atoms with Crippen molar-refractivity contribution in [2.75, 3.05) is 7.11 Å². The predicted molar refractivity (Wildman–Crippen MR) is 78.4 cm³/mol. The molecule has 0 bridgehead atoms. The van der Waals surface area contributed by atoms with E-state index in [0.717, 1.165) is 17.6 Å². The highest BCUT2D eigenvalue weighted by Crippen LogP contribution is 2.42.